The highest BCUT2D eigenvalue weighted by Crippen LogP contribution is 2.19. The maximum absolute atomic E-state index is 11.7. The van der Waals surface area contributed by atoms with Gasteiger partial charge in [0.1, 0.15) is 0 Å². The molecule has 3 N–H and O–H groups in total. The average molecular weight is 241 g/mol. The van der Waals surface area contributed by atoms with Crippen molar-refractivity contribution in [1.82, 2.24) is 0 Å². The molecule has 0 heterocycles. The van der Waals surface area contributed by atoms with Crippen molar-refractivity contribution in [2.45, 2.75) is 26.8 Å². The lowest BCUT2D eigenvalue weighted by molar-refractivity contribution is -0.118. The van der Waals surface area contributed by atoms with Crippen molar-refractivity contribution < 1.29 is 4.79 Å². The lowest BCUT2D eigenvalue weighted by atomic mass is 10.0. The lowest BCUT2D eigenvalue weighted by Crippen LogP contribution is -2.39. The highest BCUT2D eigenvalue weighted by molar-refractivity contribution is 6.30. The number of hydrogen-bond donors (Lipinski definition) is 2. The molecular formula is C12H17ClN2O. The van der Waals surface area contributed by atoms with Gasteiger partial charge in [0, 0.05) is 10.7 Å². The highest BCUT2D eigenvalue weighted by atomic mass is 35.5. The number of benzene rings is 1. The summed E-state index contributed by atoms with van der Waals surface area (Å²) in [5.74, 6) is -0.0481. The largest absolute Gasteiger partial charge is 0.324 e. The van der Waals surface area contributed by atoms with Crippen LogP contribution in [0.5, 0.6) is 0 Å². The van der Waals surface area contributed by atoms with Crippen LogP contribution in [0.1, 0.15) is 19.4 Å². The van der Waals surface area contributed by atoms with Crippen LogP contribution in [-0.2, 0) is 4.79 Å². The van der Waals surface area contributed by atoms with Gasteiger partial charge in [-0.15, -0.1) is 0 Å². The Morgan fingerprint density at radius 3 is 2.56 bits per heavy atom. The number of halogens is 1. The molecule has 0 aliphatic rings. The number of nitrogens with two attached hydrogens (primary N) is 1. The Hall–Kier alpha value is -1.06. The van der Waals surface area contributed by atoms with Gasteiger partial charge in [0.25, 0.3) is 0 Å². The van der Waals surface area contributed by atoms with Gasteiger partial charge in [0.15, 0.2) is 0 Å². The molecule has 0 fully saturated rings. The number of anilines is 1. The summed E-state index contributed by atoms with van der Waals surface area (Å²) in [6.07, 6.45) is 0. The molecule has 88 valence electrons. The van der Waals surface area contributed by atoms with Crippen molar-refractivity contribution in [2.75, 3.05) is 5.32 Å². The topological polar surface area (TPSA) is 55.1 Å². The Balaban J connectivity index is 2.77. The van der Waals surface area contributed by atoms with E-state index in [9.17, 15) is 4.79 Å². The molecule has 3 nitrogen and oxygen atoms in total. The Kier molecular flexibility index (Phi) is 4.33. The summed E-state index contributed by atoms with van der Waals surface area (Å²) in [4.78, 5) is 11.7. The first-order valence-corrected chi connectivity index (χ1v) is 5.62. The van der Waals surface area contributed by atoms with E-state index in [1.54, 1.807) is 18.2 Å². The molecule has 0 saturated carbocycles. The summed E-state index contributed by atoms with van der Waals surface area (Å²) in [5.41, 5.74) is 7.43. The minimum absolute atomic E-state index is 0.118. The molecule has 0 aliphatic heterocycles. The molecule has 1 amide bonds. The monoisotopic (exact) mass is 240 g/mol. The van der Waals surface area contributed by atoms with Crippen molar-refractivity contribution in [3.05, 3.63) is 28.8 Å². The molecule has 4 heteroatoms. The number of rotatable bonds is 3. The predicted octanol–water partition coefficient (Wildman–Crippen LogP) is 2.57. The zero-order valence-corrected chi connectivity index (χ0v) is 10.5. The van der Waals surface area contributed by atoms with Gasteiger partial charge in [-0.1, -0.05) is 25.4 Å². The zero-order chi connectivity index (χ0) is 12.3. The van der Waals surface area contributed by atoms with E-state index in [1.165, 1.54) is 0 Å². The van der Waals surface area contributed by atoms with Crippen LogP contribution in [0.15, 0.2) is 18.2 Å². The molecule has 1 rings (SSSR count). The van der Waals surface area contributed by atoms with Crippen molar-refractivity contribution in [3.63, 3.8) is 0 Å². The summed E-state index contributed by atoms with van der Waals surface area (Å²) in [6.45, 7) is 5.72. The molecule has 0 aromatic heterocycles. The van der Waals surface area contributed by atoms with Gasteiger partial charge in [-0.2, -0.15) is 0 Å². The van der Waals surface area contributed by atoms with Gasteiger partial charge in [0.2, 0.25) is 5.91 Å². The van der Waals surface area contributed by atoms with Crippen LogP contribution >= 0.6 is 11.6 Å². The molecule has 1 atom stereocenters. The average Bonchev–Trinajstić information content (AvgIpc) is 2.20. The van der Waals surface area contributed by atoms with Crippen LogP contribution in [0.4, 0.5) is 5.69 Å². The number of nitrogens with one attached hydrogen (secondary N) is 1. The molecule has 0 radical (unpaired) electrons. The van der Waals surface area contributed by atoms with Crippen LogP contribution in [0, 0.1) is 12.8 Å². The maximum atomic E-state index is 11.7. The van der Waals surface area contributed by atoms with E-state index in [0.29, 0.717) is 5.02 Å². The second kappa shape index (κ2) is 5.32. The van der Waals surface area contributed by atoms with Crippen LogP contribution in [0.3, 0.4) is 0 Å². The highest BCUT2D eigenvalue weighted by Gasteiger charge is 2.17. The first-order valence-electron chi connectivity index (χ1n) is 5.24. The van der Waals surface area contributed by atoms with Gasteiger partial charge in [0.05, 0.1) is 6.04 Å². The summed E-state index contributed by atoms with van der Waals surface area (Å²) in [6, 6.07) is 4.83. The van der Waals surface area contributed by atoms with Crippen LogP contribution in [-0.4, -0.2) is 11.9 Å². The number of hydrogen-bond acceptors (Lipinski definition) is 2. The fourth-order valence-corrected chi connectivity index (χ4v) is 1.51. The summed E-state index contributed by atoms with van der Waals surface area (Å²) in [5, 5.41) is 3.45. The first-order chi connectivity index (χ1) is 7.41. The van der Waals surface area contributed by atoms with E-state index in [2.05, 4.69) is 5.32 Å². The predicted molar refractivity (Wildman–Crippen MR) is 67.6 cm³/mol. The van der Waals surface area contributed by atoms with E-state index in [0.717, 1.165) is 11.3 Å². The van der Waals surface area contributed by atoms with Crippen LogP contribution in [0.2, 0.25) is 5.02 Å². The van der Waals surface area contributed by atoms with Crippen molar-refractivity contribution in [3.8, 4) is 0 Å². The third-order valence-electron chi connectivity index (χ3n) is 2.47. The third kappa shape index (κ3) is 3.22. The summed E-state index contributed by atoms with van der Waals surface area (Å²) >= 11 is 5.83. The first kappa shape index (κ1) is 13.0. The van der Waals surface area contributed by atoms with E-state index >= 15 is 0 Å². The Morgan fingerprint density at radius 2 is 2.06 bits per heavy atom. The lowest BCUT2D eigenvalue weighted by Gasteiger charge is -2.16. The molecule has 0 bridgehead atoms. The normalized spacial score (nSPS) is 12.6. The fraction of sp³-hybridized carbons (Fsp3) is 0.417. The standard InChI is InChI=1S/C12H17ClN2O/c1-7(2)11(14)12(16)15-10-5-4-9(13)6-8(10)3/h4-7,11H,14H2,1-3H3,(H,15,16)/t11-/m1/s1. The third-order valence-corrected chi connectivity index (χ3v) is 2.70. The van der Waals surface area contributed by atoms with Gasteiger partial charge < -0.3 is 11.1 Å². The summed E-state index contributed by atoms with van der Waals surface area (Å²) in [7, 11) is 0. The van der Waals surface area contributed by atoms with Crippen LogP contribution in [0.25, 0.3) is 0 Å². The molecular weight excluding hydrogens is 224 g/mol. The minimum atomic E-state index is -0.491. The minimum Gasteiger partial charge on any atom is -0.324 e. The Bertz CT molecular complexity index is 391. The van der Waals surface area contributed by atoms with E-state index < -0.39 is 6.04 Å². The SMILES string of the molecule is Cc1cc(Cl)ccc1NC(=O)[C@H](N)C(C)C. The number of carbonyl (C=O) groups excluding carboxylic acids is 1. The Morgan fingerprint density at radius 1 is 1.44 bits per heavy atom. The second-order valence-corrected chi connectivity index (χ2v) is 4.65. The zero-order valence-electron chi connectivity index (χ0n) is 9.75. The van der Waals surface area contributed by atoms with E-state index in [4.69, 9.17) is 17.3 Å². The number of amides is 1. The number of carbonyl (C=O) groups is 1. The van der Waals surface area contributed by atoms with Crippen molar-refractivity contribution in [1.29, 1.82) is 0 Å². The molecule has 1 aromatic rings. The smallest absolute Gasteiger partial charge is 0.241 e. The van der Waals surface area contributed by atoms with Gasteiger partial charge in [-0.25, -0.2) is 0 Å². The van der Waals surface area contributed by atoms with E-state index in [-0.39, 0.29) is 11.8 Å². The fourth-order valence-electron chi connectivity index (χ4n) is 1.29. The summed E-state index contributed by atoms with van der Waals surface area (Å²) < 4.78 is 0. The quantitative estimate of drug-likeness (QED) is 0.853. The molecule has 16 heavy (non-hydrogen) atoms. The van der Waals surface area contributed by atoms with E-state index in [1.807, 2.05) is 20.8 Å². The molecule has 0 spiro atoms. The van der Waals surface area contributed by atoms with Crippen molar-refractivity contribution in [2.24, 2.45) is 11.7 Å². The van der Waals surface area contributed by atoms with Gasteiger partial charge in [-0.3, -0.25) is 4.79 Å². The molecule has 0 aliphatic carbocycles. The van der Waals surface area contributed by atoms with Gasteiger partial charge >= 0.3 is 0 Å². The van der Waals surface area contributed by atoms with Gasteiger partial charge in [-0.05, 0) is 36.6 Å². The maximum Gasteiger partial charge on any atom is 0.241 e. The molecule has 1 aromatic carbocycles. The Labute approximate surface area is 101 Å². The van der Waals surface area contributed by atoms with Crippen LogP contribution < -0.4 is 11.1 Å². The number of aryl methyl sites for hydroxylation is 1. The molecule has 0 unspecified atom stereocenters. The molecule has 0 saturated heterocycles. The second-order valence-electron chi connectivity index (χ2n) is 4.22. The van der Waals surface area contributed by atoms with Crippen molar-refractivity contribution >= 4 is 23.2 Å².